The number of hydrazine groups is 1. The molecule has 7 heteroatoms. The number of carbonyl (C=O) groups is 1. The molecule has 1 aromatic rings. The zero-order valence-electron chi connectivity index (χ0n) is 9.43. The highest BCUT2D eigenvalue weighted by Crippen LogP contribution is 2.21. The Bertz CT molecular complexity index is 389. The van der Waals surface area contributed by atoms with Gasteiger partial charge in [0.1, 0.15) is 6.04 Å². The Morgan fingerprint density at radius 3 is 2.88 bits per heavy atom. The summed E-state index contributed by atoms with van der Waals surface area (Å²) in [6.07, 6.45) is 3.63. The SMILES string of the molecule is NC(C(=O)O)c1csc(NN2CCCCC2)n1. The Balaban J connectivity index is 1.95. The van der Waals surface area contributed by atoms with Crippen LogP contribution in [0.4, 0.5) is 5.13 Å². The number of carboxylic acids is 1. The number of nitrogens with two attached hydrogens (primary N) is 1. The summed E-state index contributed by atoms with van der Waals surface area (Å²) >= 11 is 1.38. The van der Waals surface area contributed by atoms with Crippen molar-refractivity contribution in [3.63, 3.8) is 0 Å². The van der Waals surface area contributed by atoms with Crippen molar-refractivity contribution in [2.75, 3.05) is 18.5 Å². The Morgan fingerprint density at radius 1 is 1.53 bits per heavy atom. The zero-order chi connectivity index (χ0) is 12.3. The number of nitrogens with one attached hydrogen (secondary N) is 1. The van der Waals surface area contributed by atoms with Gasteiger partial charge in [-0.2, -0.15) is 0 Å². The van der Waals surface area contributed by atoms with Crippen molar-refractivity contribution in [1.82, 2.24) is 9.99 Å². The molecule has 0 amide bonds. The Labute approximate surface area is 103 Å². The molecule has 1 fully saturated rings. The minimum Gasteiger partial charge on any atom is -0.480 e. The lowest BCUT2D eigenvalue weighted by atomic mass is 10.2. The third-order valence-electron chi connectivity index (χ3n) is 2.72. The Kier molecular flexibility index (Phi) is 3.93. The minimum absolute atomic E-state index is 0.405. The summed E-state index contributed by atoms with van der Waals surface area (Å²) in [6, 6.07) is -1.04. The van der Waals surface area contributed by atoms with E-state index < -0.39 is 12.0 Å². The number of anilines is 1. The van der Waals surface area contributed by atoms with E-state index in [1.54, 1.807) is 5.38 Å². The fourth-order valence-electron chi connectivity index (χ4n) is 1.75. The molecule has 0 radical (unpaired) electrons. The normalized spacial score (nSPS) is 18.9. The molecular formula is C10H16N4O2S. The second kappa shape index (κ2) is 5.44. The van der Waals surface area contributed by atoms with E-state index in [2.05, 4.69) is 15.4 Å². The molecule has 94 valence electrons. The van der Waals surface area contributed by atoms with E-state index in [-0.39, 0.29) is 0 Å². The first-order valence-electron chi connectivity index (χ1n) is 5.62. The van der Waals surface area contributed by atoms with E-state index in [1.165, 1.54) is 30.6 Å². The lowest BCUT2D eigenvalue weighted by Crippen LogP contribution is -2.34. The summed E-state index contributed by atoms with van der Waals surface area (Å²) in [5, 5.41) is 13.3. The van der Waals surface area contributed by atoms with Crippen LogP contribution in [-0.4, -0.2) is 34.2 Å². The molecule has 0 aliphatic carbocycles. The fraction of sp³-hybridized carbons (Fsp3) is 0.600. The number of thiazole rings is 1. The zero-order valence-corrected chi connectivity index (χ0v) is 10.2. The van der Waals surface area contributed by atoms with Crippen LogP contribution in [0.3, 0.4) is 0 Å². The van der Waals surface area contributed by atoms with Crippen LogP contribution >= 0.6 is 11.3 Å². The second-order valence-corrected chi connectivity index (χ2v) is 4.91. The minimum atomic E-state index is -1.06. The molecule has 1 aliphatic rings. The van der Waals surface area contributed by atoms with Gasteiger partial charge >= 0.3 is 5.97 Å². The molecule has 1 atom stereocenters. The number of aromatic nitrogens is 1. The standard InChI is InChI=1S/C10H16N4O2S/c11-8(9(15)16)7-6-17-10(12-7)13-14-4-2-1-3-5-14/h6,8H,1-5,11H2,(H,12,13)(H,15,16). The van der Waals surface area contributed by atoms with Gasteiger partial charge in [-0.3, -0.25) is 10.2 Å². The third kappa shape index (κ3) is 3.15. The average molecular weight is 256 g/mol. The number of nitrogens with zero attached hydrogens (tertiary/aromatic N) is 2. The quantitative estimate of drug-likeness (QED) is 0.745. The van der Waals surface area contributed by atoms with Crippen LogP contribution in [0.2, 0.25) is 0 Å². The fourth-order valence-corrected chi connectivity index (χ4v) is 2.52. The van der Waals surface area contributed by atoms with E-state index in [1.807, 2.05) is 0 Å². The molecule has 1 aromatic heterocycles. The maximum Gasteiger partial charge on any atom is 0.326 e. The summed E-state index contributed by atoms with van der Waals surface area (Å²) in [4.78, 5) is 14.9. The smallest absolute Gasteiger partial charge is 0.326 e. The van der Waals surface area contributed by atoms with Gasteiger partial charge in [0.2, 0.25) is 0 Å². The van der Waals surface area contributed by atoms with Crippen LogP contribution < -0.4 is 11.2 Å². The highest BCUT2D eigenvalue weighted by atomic mass is 32.1. The van der Waals surface area contributed by atoms with Gasteiger partial charge in [0, 0.05) is 18.5 Å². The monoisotopic (exact) mass is 256 g/mol. The molecule has 0 aromatic carbocycles. The highest BCUT2D eigenvalue weighted by molar-refractivity contribution is 7.13. The van der Waals surface area contributed by atoms with E-state index >= 15 is 0 Å². The Hall–Kier alpha value is -1.18. The summed E-state index contributed by atoms with van der Waals surface area (Å²) in [5.41, 5.74) is 9.08. The van der Waals surface area contributed by atoms with Gasteiger partial charge in [0.05, 0.1) is 5.69 Å². The summed E-state index contributed by atoms with van der Waals surface area (Å²) in [7, 11) is 0. The molecule has 0 spiro atoms. The van der Waals surface area contributed by atoms with Gasteiger partial charge in [0.15, 0.2) is 5.13 Å². The predicted molar refractivity (Wildman–Crippen MR) is 65.7 cm³/mol. The van der Waals surface area contributed by atoms with Crippen LogP contribution in [0.25, 0.3) is 0 Å². The topological polar surface area (TPSA) is 91.5 Å². The molecule has 0 bridgehead atoms. The molecule has 0 saturated carbocycles. The first-order valence-corrected chi connectivity index (χ1v) is 6.50. The molecule has 1 saturated heterocycles. The number of piperidine rings is 1. The van der Waals surface area contributed by atoms with Crippen LogP contribution in [0, 0.1) is 0 Å². The van der Waals surface area contributed by atoms with Crippen LogP contribution in [-0.2, 0) is 4.79 Å². The molecule has 2 rings (SSSR count). The largest absolute Gasteiger partial charge is 0.480 e. The van der Waals surface area contributed by atoms with E-state index in [9.17, 15) is 4.79 Å². The number of aliphatic carboxylic acids is 1. The van der Waals surface area contributed by atoms with E-state index in [0.717, 1.165) is 13.1 Å². The first-order chi connectivity index (χ1) is 8.16. The molecule has 2 heterocycles. The number of carboxylic acid groups (broad SMARTS) is 1. The van der Waals surface area contributed by atoms with Gasteiger partial charge in [-0.05, 0) is 12.8 Å². The third-order valence-corrected chi connectivity index (χ3v) is 3.48. The molecule has 6 nitrogen and oxygen atoms in total. The van der Waals surface area contributed by atoms with Crippen molar-refractivity contribution in [3.05, 3.63) is 11.1 Å². The van der Waals surface area contributed by atoms with Crippen molar-refractivity contribution >= 4 is 22.4 Å². The van der Waals surface area contributed by atoms with Gasteiger partial charge in [-0.25, -0.2) is 9.99 Å². The number of hydrogen-bond donors (Lipinski definition) is 3. The van der Waals surface area contributed by atoms with Crippen molar-refractivity contribution in [2.45, 2.75) is 25.3 Å². The van der Waals surface area contributed by atoms with Crippen LogP contribution in [0.5, 0.6) is 0 Å². The van der Waals surface area contributed by atoms with Crippen molar-refractivity contribution in [3.8, 4) is 0 Å². The van der Waals surface area contributed by atoms with Gasteiger partial charge < -0.3 is 10.8 Å². The van der Waals surface area contributed by atoms with E-state index in [0.29, 0.717) is 10.8 Å². The highest BCUT2D eigenvalue weighted by Gasteiger charge is 2.18. The number of hydrogen-bond acceptors (Lipinski definition) is 6. The molecule has 17 heavy (non-hydrogen) atoms. The average Bonchev–Trinajstić information content (AvgIpc) is 2.77. The summed E-state index contributed by atoms with van der Waals surface area (Å²) in [6.45, 7) is 2.00. The maximum absolute atomic E-state index is 10.7. The van der Waals surface area contributed by atoms with Crippen molar-refractivity contribution in [2.24, 2.45) is 5.73 Å². The van der Waals surface area contributed by atoms with Crippen LogP contribution in [0.1, 0.15) is 31.0 Å². The van der Waals surface area contributed by atoms with Gasteiger partial charge in [-0.1, -0.05) is 6.42 Å². The lowest BCUT2D eigenvalue weighted by molar-refractivity contribution is -0.138. The summed E-state index contributed by atoms with van der Waals surface area (Å²) in [5.74, 6) is -1.06. The van der Waals surface area contributed by atoms with Gasteiger partial charge in [0.25, 0.3) is 0 Å². The Morgan fingerprint density at radius 2 is 2.24 bits per heavy atom. The summed E-state index contributed by atoms with van der Waals surface area (Å²) < 4.78 is 0. The van der Waals surface area contributed by atoms with Crippen molar-refractivity contribution < 1.29 is 9.90 Å². The molecule has 1 aliphatic heterocycles. The predicted octanol–water partition coefficient (Wildman–Crippen LogP) is 1.04. The van der Waals surface area contributed by atoms with Crippen LogP contribution in [0.15, 0.2) is 5.38 Å². The first kappa shape index (κ1) is 12.3. The lowest BCUT2D eigenvalue weighted by Gasteiger charge is -2.26. The van der Waals surface area contributed by atoms with Crippen molar-refractivity contribution in [1.29, 1.82) is 0 Å². The second-order valence-electron chi connectivity index (χ2n) is 4.05. The molecular weight excluding hydrogens is 240 g/mol. The van der Waals surface area contributed by atoms with Gasteiger partial charge in [-0.15, -0.1) is 11.3 Å². The van der Waals surface area contributed by atoms with E-state index in [4.69, 9.17) is 10.8 Å². The number of rotatable bonds is 4. The molecule has 4 N–H and O–H groups in total. The molecule has 1 unspecified atom stereocenters. The maximum atomic E-state index is 10.7.